The monoisotopic (exact) mass is 290 g/mol. The van der Waals surface area contributed by atoms with E-state index in [-0.39, 0.29) is 24.0 Å². The largest absolute Gasteiger partial charge is 0.474 e. The van der Waals surface area contributed by atoms with Crippen LogP contribution in [0.25, 0.3) is 0 Å². The van der Waals surface area contributed by atoms with Crippen molar-refractivity contribution in [3.05, 3.63) is 24.4 Å². The van der Waals surface area contributed by atoms with Gasteiger partial charge in [-0.1, -0.05) is 6.07 Å². The Morgan fingerprint density at radius 2 is 2.10 bits per heavy atom. The Labute approximate surface area is 125 Å². The molecule has 2 heterocycles. The fraction of sp³-hybridized carbons (Fsp3) is 0.625. The first-order chi connectivity index (χ1) is 10.3. The summed E-state index contributed by atoms with van der Waals surface area (Å²) in [6, 6.07) is 5.97. The first kappa shape index (κ1) is 14.3. The third-order valence-corrected chi connectivity index (χ3v) is 4.25. The van der Waals surface area contributed by atoms with E-state index in [0.717, 1.165) is 32.1 Å². The van der Waals surface area contributed by atoms with Gasteiger partial charge in [-0.2, -0.15) is 0 Å². The highest BCUT2D eigenvalue weighted by molar-refractivity contribution is 5.79. The molecule has 1 saturated heterocycles. The van der Waals surface area contributed by atoms with Gasteiger partial charge < -0.3 is 14.8 Å². The molecular weight excluding hydrogens is 268 g/mol. The van der Waals surface area contributed by atoms with Crippen molar-refractivity contribution in [3.63, 3.8) is 0 Å². The maximum absolute atomic E-state index is 12.1. The minimum absolute atomic E-state index is 0.0486. The number of hydrogen-bond acceptors (Lipinski definition) is 4. The number of nitrogens with one attached hydrogen (secondary N) is 1. The first-order valence-electron chi connectivity index (χ1n) is 7.77. The second-order valence-electron chi connectivity index (χ2n) is 5.83. The van der Waals surface area contributed by atoms with Crippen LogP contribution in [0.15, 0.2) is 24.4 Å². The molecule has 1 unspecified atom stereocenters. The molecule has 1 atom stereocenters. The number of carbonyl (C=O) groups excluding carboxylic acids is 1. The van der Waals surface area contributed by atoms with Gasteiger partial charge in [0.05, 0.1) is 12.5 Å². The first-order valence-corrected chi connectivity index (χ1v) is 7.77. The summed E-state index contributed by atoms with van der Waals surface area (Å²) in [5, 5.41) is 3.16. The third-order valence-electron chi connectivity index (χ3n) is 4.25. The lowest BCUT2D eigenvalue weighted by molar-refractivity contribution is -0.126. The van der Waals surface area contributed by atoms with E-state index in [1.54, 1.807) is 6.20 Å². The van der Waals surface area contributed by atoms with Gasteiger partial charge in [0.15, 0.2) is 0 Å². The van der Waals surface area contributed by atoms with Crippen LogP contribution in [-0.4, -0.2) is 36.3 Å². The molecule has 1 saturated carbocycles. The van der Waals surface area contributed by atoms with Crippen LogP contribution in [0.5, 0.6) is 5.88 Å². The standard InChI is InChI=1S/C16H22N2O3/c19-16(12-8-10-20-11-12)18-13-4-6-14(7-5-13)21-15-3-1-2-9-17-15/h1-3,9,12-14H,4-8,10-11H2,(H,18,19). The summed E-state index contributed by atoms with van der Waals surface area (Å²) in [6.07, 6.45) is 6.66. The van der Waals surface area contributed by atoms with Gasteiger partial charge in [-0.25, -0.2) is 4.98 Å². The lowest BCUT2D eigenvalue weighted by Crippen LogP contribution is -2.42. The van der Waals surface area contributed by atoms with Crippen LogP contribution < -0.4 is 10.1 Å². The minimum atomic E-state index is 0.0486. The van der Waals surface area contributed by atoms with Crippen LogP contribution in [0.2, 0.25) is 0 Å². The summed E-state index contributed by atoms with van der Waals surface area (Å²) < 4.78 is 11.1. The van der Waals surface area contributed by atoms with Crippen LogP contribution in [-0.2, 0) is 9.53 Å². The molecule has 1 aliphatic heterocycles. The van der Waals surface area contributed by atoms with Crippen molar-refractivity contribution in [2.24, 2.45) is 5.92 Å². The van der Waals surface area contributed by atoms with Crippen LogP contribution in [0.1, 0.15) is 32.1 Å². The average Bonchev–Trinajstić information content (AvgIpc) is 3.05. The van der Waals surface area contributed by atoms with E-state index >= 15 is 0 Å². The molecule has 1 aromatic heterocycles. The molecule has 1 aliphatic carbocycles. The Morgan fingerprint density at radius 3 is 2.76 bits per heavy atom. The molecule has 1 N–H and O–H groups in total. The SMILES string of the molecule is O=C(NC1CCC(Oc2ccccn2)CC1)C1CCOC1. The van der Waals surface area contributed by atoms with Gasteiger partial charge in [0.2, 0.25) is 11.8 Å². The number of ether oxygens (including phenoxy) is 2. The number of hydrogen-bond donors (Lipinski definition) is 1. The average molecular weight is 290 g/mol. The van der Waals surface area contributed by atoms with E-state index in [4.69, 9.17) is 9.47 Å². The van der Waals surface area contributed by atoms with E-state index in [1.807, 2.05) is 18.2 Å². The third kappa shape index (κ3) is 3.94. The van der Waals surface area contributed by atoms with Crippen molar-refractivity contribution in [2.75, 3.05) is 13.2 Å². The highest BCUT2D eigenvalue weighted by Gasteiger charge is 2.28. The van der Waals surface area contributed by atoms with Crippen molar-refractivity contribution in [1.29, 1.82) is 0 Å². The molecule has 2 aliphatic rings. The number of pyridine rings is 1. The normalized spacial score (nSPS) is 29.0. The Morgan fingerprint density at radius 1 is 1.24 bits per heavy atom. The van der Waals surface area contributed by atoms with Crippen LogP contribution in [0.4, 0.5) is 0 Å². The van der Waals surface area contributed by atoms with Crippen molar-refractivity contribution in [3.8, 4) is 5.88 Å². The summed E-state index contributed by atoms with van der Waals surface area (Å²) in [7, 11) is 0. The van der Waals surface area contributed by atoms with Gasteiger partial charge in [-0.15, -0.1) is 0 Å². The molecule has 0 bridgehead atoms. The number of aromatic nitrogens is 1. The zero-order valence-corrected chi connectivity index (χ0v) is 12.2. The quantitative estimate of drug-likeness (QED) is 0.920. The lowest BCUT2D eigenvalue weighted by atomic mass is 9.92. The van der Waals surface area contributed by atoms with E-state index in [9.17, 15) is 4.79 Å². The van der Waals surface area contributed by atoms with Crippen LogP contribution in [0, 0.1) is 5.92 Å². The summed E-state index contributed by atoms with van der Waals surface area (Å²) in [5.41, 5.74) is 0. The van der Waals surface area contributed by atoms with E-state index in [0.29, 0.717) is 19.1 Å². The van der Waals surface area contributed by atoms with Gasteiger partial charge in [-0.3, -0.25) is 4.79 Å². The second-order valence-corrected chi connectivity index (χ2v) is 5.83. The van der Waals surface area contributed by atoms with Gasteiger partial charge in [0.25, 0.3) is 0 Å². The molecule has 114 valence electrons. The van der Waals surface area contributed by atoms with Crippen LogP contribution >= 0.6 is 0 Å². The fourth-order valence-electron chi connectivity index (χ4n) is 2.97. The second kappa shape index (κ2) is 6.89. The molecule has 21 heavy (non-hydrogen) atoms. The summed E-state index contributed by atoms with van der Waals surface area (Å²) >= 11 is 0. The highest BCUT2D eigenvalue weighted by atomic mass is 16.5. The maximum Gasteiger partial charge on any atom is 0.225 e. The van der Waals surface area contributed by atoms with Gasteiger partial charge in [-0.05, 0) is 38.2 Å². The predicted molar refractivity (Wildman–Crippen MR) is 78.0 cm³/mol. The summed E-state index contributed by atoms with van der Waals surface area (Å²) in [5.74, 6) is 0.891. The van der Waals surface area contributed by atoms with E-state index in [1.165, 1.54) is 0 Å². The molecule has 3 rings (SSSR count). The molecule has 5 heteroatoms. The molecule has 0 radical (unpaired) electrons. The van der Waals surface area contributed by atoms with Gasteiger partial charge in [0.1, 0.15) is 6.10 Å². The Kier molecular flexibility index (Phi) is 4.70. The van der Waals surface area contributed by atoms with Crippen molar-refractivity contribution < 1.29 is 14.3 Å². The summed E-state index contributed by atoms with van der Waals surface area (Å²) in [4.78, 5) is 16.2. The Balaban J connectivity index is 1.41. The Bertz CT molecular complexity index is 452. The van der Waals surface area contributed by atoms with E-state index in [2.05, 4.69) is 10.3 Å². The molecule has 5 nitrogen and oxygen atoms in total. The number of carbonyl (C=O) groups is 1. The molecule has 0 aromatic carbocycles. The molecular formula is C16H22N2O3. The predicted octanol–water partition coefficient (Wildman–Crippen LogP) is 1.92. The maximum atomic E-state index is 12.1. The topological polar surface area (TPSA) is 60.5 Å². The number of rotatable bonds is 4. The number of nitrogens with zero attached hydrogens (tertiary/aromatic N) is 1. The zero-order valence-electron chi connectivity index (χ0n) is 12.2. The van der Waals surface area contributed by atoms with Crippen LogP contribution in [0.3, 0.4) is 0 Å². The summed E-state index contributed by atoms with van der Waals surface area (Å²) in [6.45, 7) is 1.28. The smallest absolute Gasteiger partial charge is 0.225 e. The Hall–Kier alpha value is -1.62. The zero-order chi connectivity index (χ0) is 14.5. The highest BCUT2D eigenvalue weighted by Crippen LogP contribution is 2.23. The minimum Gasteiger partial charge on any atom is -0.474 e. The molecule has 1 amide bonds. The van der Waals surface area contributed by atoms with Crippen molar-refractivity contribution in [2.45, 2.75) is 44.2 Å². The van der Waals surface area contributed by atoms with Crippen molar-refractivity contribution >= 4 is 5.91 Å². The lowest BCUT2D eigenvalue weighted by Gasteiger charge is -2.29. The van der Waals surface area contributed by atoms with Gasteiger partial charge >= 0.3 is 0 Å². The molecule has 1 aromatic rings. The van der Waals surface area contributed by atoms with Crippen molar-refractivity contribution in [1.82, 2.24) is 10.3 Å². The van der Waals surface area contributed by atoms with E-state index < -0.39 is 0 Å². The molecule has 0 spiro atoms. The van der Waals surface area contributed by atoms with Gasteiger partial charge in [0, 0.05) is 24.9 Å². The number of amides is 1. The fourth-order valence-corrected chi connectivity index (χ4v) is 2.97. The molecule has 2 fully saturated rings.